The number of rotatable bonds is 5. The smallest absolute Gasteiger partial charge is 0.260 e. The Hall–Kier alpha value is -2.84. The van der Waals surface area contributed by atoms with E-state index in [0.29, 0.717) is 47.8 Å². The SMILES string of the molecule is O=C(COc1ccc(Cl)cc1Cl)N1CCN(c2ccc(-n3cccn3)nn2)CC1. The van der Waals surface area contributed by atoms with Gasteiger partial charge in [-0.05, 0) is 36.4 Å². The van der Waals surface area contributed by atoms with Crippen molar-refractivity contribution < 1.29 is 9.53 Å². The standard InChI is InChI=1S/C19H18Cl2N6O2/c20-14-2-3-16(15(21)12-14)29-13-19(28)26-10-8-25(9-11-26)17-4-5-18(24-23-17)27-7-1-6-22-27/h1-7,12H,8-11,13H2. The molecule has 8 nitrogen and oxygen atoms in total. The summed E-state index contributed by atoms with van der Waals surface area (Å²) in [4.78, 5) is 16.3. The summed E-state index contributed by atoms with van der Waals surface area (Å²) >= 11 is 11.9. The van der Waals surface area contributed by atoms with Gasteiger partial charge in [-0.3, -0.25) is 4.79 Å². The average Bonchev–Trinajstić information content (AvgIpc) is 3.28. The van der Waals surface area contributed by atoms with Crippen molar-refractivity contribution in [3.63, 3.8) is 0 Å². The topological polar surface area (TPSA) is 76.4 Å². The lowest BCUT2D eigenvalue weighted by atomic mass is 10.3. The fourth-order valence-electron chi connectivity index (χ4n) is 3.02. The zero-order chi connectivity index (χ0) is 20.2. The van der Waals surface area contributed by atoms with Gasteiger partial charge in [0.05, 0.1) is 5.02 Å². The van der Waals surface area contributed by atoms with Crippen LogP contribution in [0.1, 0.15) is 0 Å². The number of carbonyl (C=O) groups excluding carboxylic acids is 1. The van der Waals surface area contributed by atoms with Crippen molar-refractivity contribution in [2.45, 2.75) is 0 Å². The zero-order valence-electron chi connectivity index (χ0n) is 15.4. The Bertz CT molecular complexity index is 973. The van der Waals surface area contributed by atoms with Gasteiger partial charge in [0.1, 0.15) is 5.75 Å². The first-order chi connectivity index (χ1) is 14.1. The predicted molar refractivity (Wildman–Crippen MR) is 110 cm³/mol. The number of amides is 1. The summed E-state index contributed by atoms with van der Waals surface area (Å²) in [5.41, 5.74) is 0. The first kappa shape index (κ1) is 19.5. The van der Waals surface area contributed by atoms with Crippen LogP contribution in [-0.4, -0.2) is 63.6 Å². The second-order valence-electron chi connectivity index (χ2n) is 6.43. The van der Waals surface area contributed by atoms with Gasteiger partial charge in [0.15, 0.2) is 18.2 Å². The summed E-state index contributed by atoms with van der Waals surface area (Å²) in [5.74, 6) is 1.79. The van der Waals surface area contributed by atoms with Gasteiger partial charge in [-0.25, -0.2) is 4.68 Å². The van der Waals surface area contributed by atoms with Crippen LogP contribution >= 0.6 is 23.2 Å². The molecular weight excluding hydrogens is 415 g/mol. The minimum atomic E-state index is -0.0872. The van der Waals surface area contributed by atoms with Crippen LogP contribution in [0, 0.1) is 0 Å². The monoisotopic (exact) mass is 432 g/mol. The van der Waals surface area contributed by atoms with E-state index in [1.807, 2.05) is 24.4 Å². The minimum absolute atomic E-state index is 0.0697. The van der Waals surface area contributed by atoms with E-state index in [1.54, 1.807) is 34.0 Å². The summed E-state index contributed by atoms with van der Waals surface area (Å²) in [5, 5.41) is 13.5. The van der Waals surface area contributed by atoms with Gasteiger partial charge in [0.25, 0.3) is 5.91 Å². The van der Waals surface area contributed by atoms with Crippen molar-refractivity contribution in [2.24, 2.45) is 0 Å². The van der Waals surface area contributed by atoms with E-state index in [4.69, 9.17) is 27.9 Å². The first-order valence-corrected chi connectivity index (χ1v) is 9.80. The Kier molecular flexibility index (Phi) is 5.82. The molecule has 0 bridgehead atoms. The fraction of sp³-hybridized carbons (Fsp3) is 0.263. The summed E-state index contributed by atoms with van der Waals surface area (Å²) in [6.07, 6.45) is 3.50. The molecule has 0 N–H and O–H groups in total. The lowest BCUT2D eigenvalue weighted by molar-refractivity contribution is -0.133. The third kappa shape index (κ3) is 4.60. The molecule has 4 rings (SSSR count). The van der Waals surface area contributed by atoms with Gasteiger partial charge in [-0.15, -0.1) is 10.2 Å². The molecule has 3 heterocycles. The molecule has 1 aliphatic heterocycles. The van der Waals surface area contributed by atoms with Crippen LogP contribution in [0.4, 0.5) is 5.82 Å². The number of hydrogen-bond acceptors (Lipinski definition) is 6. The lowest BCUT2D eigenvalue weighted by Crippen LogP contribution is -2.50. The molecule has 1 fully saturated rings. The van der Waals surface area contributed by atoms with Crippen molar-refractivity contribution in [3.8, 4) is 11.6 Å². The fourth-order valence-corrected chi connectivity index (χ4v) is 3.48. The molecule has 1 saturated heterocycles. The molecule has 29 heavy (non-hydrogen) atoms. The molecule has 0 unspecified atom stereocenters. The second-order valence-corrected chi connectivity index (χ2v) is 7.28. The van der Waals surface area contributed by atoms with Crippen molar-refractivity contribution in [1.29, 1.82) is 0 Å². The number of nitrogens with zero attached hydrogens (tertiary/aromatic N) is 6. The van der Waals surface area contributed by atoms with Crippen molar-refractivity contribution in [1.82, 2.24) is 24.9 Å². The molecule has 1 aromatic carbocycles. The van der Waals surface area contributed by atoms with E-state index in [2.05, 4.69) is 20.2 Å². The van der Waals surface area contributed by atoms with Crippen LogP contribution in [0.15, 0.2) is 48.8 Å². The zero-order valence-corrected chi connectivity index (χ0v) is 16.9. The van der Waals surface area contributed by atoms with E-state index in [-0.39, 0.29) is 12.5 Å². The number of ether oxygens (including phenoxy) is 1. The van der Waals surface area contributed by atoms with Crippen molar-refractivity contribution >= 4 is 34.9 Å². The molecule has 2 aromatic heterocycles. The molecule has 1 amide bonds. The molecule has 10 heteroatoms. The van der Waals surface area contributed by atoms with E-state index < -0.39 is 0 Å². The van der Waals surface area contributed by atoms with Crippen LogP contribution in [0.3, 0.4) is 0 Å². The van der Waals surface area contributed by atoms with E-state index in [0.717, 1.165) is 5.82 Å². The van der Waals surface area contributed by atoms with Crippen molar-refractivity contribution in [3.05, 3.63) is 58.8 Å². The van der Waals surface area contributed by atoms with Crippen LogP contribution in [-0.2, 0) is 4.79 Å². The molecule has 3 aromatic rings. The second kappa shape index (κ2) is 8.67. The predicted octanol–water partition coefficient (Wildman–Crippen LogP) is 2.70. The average molecular weight is 433 g/mol. The van der Waals surface area contributed by atoms with E-state index in [9.17, 15) is 4.79 Å². The molecule has 0 spiro atoms. The maximum Gasteiger partial charge on any atom is 0.260 e. The highest BCUT2D eigenvalue weighted by Crippen LogP contribution is 2.27. The Morgan fingerprint density at radius 3 is 2.45 bits per heavy atom. The summed E-state index contributed by atoms with van der Waals surface area (Å²) in [6, 6.07) is 10.5. The maximum absolute atomic E-state index is 12.4. The third-order valence-electron chi connectivity index (χ3n) is 4.58. The van der Waals surface area contributed by atoms with Gasteiger partial charge >= 0.3 is 0 Å². The van der Waals surface area contributed by atoms with Gasteiger partial charge in [-0.2, -0.15) is 5.10 Å². The summed E-state index contributed by atoms with van der Waals surface area (Å²) in [7, 11) is 0. The van der Waals surface area contributed by atoms with Crippen LogP contribution in [0.5, 0.6) is 5.75 Å². The number of benzene rings is 1. The highest BCUT2D eigenvalue weighted by atomic mass is 35.5. The molecule has 0 saturated carbocycles. The van der Waals surface area contributed by atoms with Crippen LogP contribution < -0.4 is 9.64 Å². The van der Waals surface area contributed by atoms with Gasteiger partial charge in [0.2, 0.25) is 0 Å². The number of aromatic nitrogens is 4. The van der Waals surface area contributed by atoms with E-state index >= 15 is 0 Å². The maximum atomic E-state index is 12.4. The molecule has 0 radical (unpaired) electrons. The molecule has 0 aliphatic carbocycles. The first-order valence-electron chi connectivity index (χ1n) is 9.04. The minimum Gasteiger partial charge on any atom is -0.482 e. The number of carbonyl (C=O) groups is 1. The summed E-state index contributed by atoms with van der Waals surface area (Å²) in [6.45, 7) is 2.43. The van der Waals surface area contributed by atoms with Gasteiger partial charge < -0.3 is 14.5 Å². The highest BCUT2D eigenvalue weighted by Gasteiger charge is 2.22. The number of piperazine rings is 1. The number of halogens is 2. The van der Waals surface area contributed by atoms with E-state index in [1.165, 1.54) is 0 Å². The molecule has 1 aliphatic rings. The van der Waals surface area contributed by atoms with Crippen molar-refractivity contribution in [2.75, 3.05) is 37.7 Å². The highest BCUT2D eigenvalue weighted by molar-refractivity contribution is 6.35. The Balaban J connectivity index is 1.29. The van der Waals surface area contributed by atoms with Crippen LogP contribution in [0.25, 0.3) is 5.82 Å². The normalized spacial score (nSPS) is 14.1. The lowest BCUT2D eigenvalue weighted by Gasteiger charge is -2.35. The Labute approximate surface area is 177 Å². The number of hydrogen-bond donors (Lipinski definition) is 0. The largest absolute Gasteiger partial charge is 0.482 e. The quantitative estimate of drug-likeness (QED) is 0.616. The Morgan fingerprint density at radius 2 is 1.79 bits per heavy atom. The van der Waals surface area contributed by atoms with Gasteiger partial charge in [0, 0.05) is 43.6 Å². The molecule has 150 valence electrons. The third-order valence-corrected chi connectivity index (χ3v) is 5.11. The molecule has 0 atom stereocenters. The molecular formula is C19H18Cl2N6O2. The Morgan fingerprint density at radius 1 is 1.03 bits per heavy atom. The number of anilines is 1. The van der Waals surface area contributed by atoms with Crippen LogP contribution in [0.2, 0.25) is 10.0 Å². The van der Waals surface area contributed by atoms with Gasteiger partial charge in [-0.1, -0.05) is 23.2 Å². The summed E-state index contributed by atoms with van der Waals surface area (Å²) < 4.78 is 7.19.